The average molecular weight is 499 g/mol. The molecule has 1 heterocycles. The minimum atomic E-state index is -0.700. The summed E-state index contributed by atoms with van der Waals surface area (Å²) in [5, 5.41) is 14.6. The van der Waals surface area contributed by atoms with Crippen LogP contribution in [0, 0.1) is 10.1 Å². The van der Waals surface area contributed by atoms with Crippen molar-refractivity contribution in [2.24, 2.45) is 5.10 Å². The van der Waals surface area contributed by atoms with Crippen molar-refractivity contribution in [1.82, 2.24) is 10.4 Å². The highest BCUT2D eigenvalue weighted by atomic mass is 79.9. The number of hydrogen-bond donors (Lipinski definition) is 1. The van der Waals surface area contributed by atoms with Crippen LogP contribution in [0.2, 0.25) is 0 Å². The third kappa shape index (κ3) is 5.73. The van der Waals surface area contributed by atoms with Gasteiger partial charge in [-0.3, -0.25) is 19.9 Å². The molecule has 0 aliphatic heterocycles. The topological polar surface area (TPSA) is 133 Å². The van der Waals surface area contributed by atoms with E-state index in [1.54, 1.807) is 24.4 Å². The van der Waals surface area contributed by atoms with E-state index in [0.29, 0.717) is 15.6 Å². The number of pyridine rings is 1. The molecule has 0 aliphatic carbocycles. The lowest BCUT2D eigenvalue weighted by Crippen LogP contribution is -2.17. The lowest BCUT2D eigenvalue weighted by Gasteiger charge is -2.10. The van der Waals surface area contributed by atoms with Crippen LogP contribution in [0.15, 0.2) is 70.5 Å². The Morgan fingerprint density at radius 2 is 1.84 bits per heavy atom. The SMILES string of the molecule is COc1cc(/C=N/NC(=O)c2cncc(Br)c2)ccc1OC(=O)c1ccc([N+](=O)[O-])cc1. The minimum absolute atomic E-state index is 0.133. The number of halogens is 1. The summed E-state index contributed by atoms with van der Waals surface area (Å²) in [7, 11) is 1.40. The second-order valence-corrected chi connectivity index (χ2v) is 7.11. The number of nitrogens with one attached hydrogen (secondary N) is 1. The van der Waals surface area contributed by atoms with Crippen molar-refractivity contribution in [3.8, 4) is 11.5 Å². The molecule has 162 valence electrons. The van der Waals surface area contributed by atoms with Crippen LogP contribution in [0.5, 0.6) is 11.5 Å². The van der Waals surface area contributed by atoms with E-state index >= 15 is 0 Å². The molecule has 0 unspecified atom stereocenters. The monoisotopic (exact) mass is 498 g/mol. The summed E-state index contributed by atoms with van der Waals surface area (Å²) >= 11 is 3.24. The van der Waals surface area contributed by atoms with Crippen LogP contribution in [0.4, 0.5) is 5.69 Å². The standard InChI is InChI=1S/C21H15BrN4O6/c1-31-19-8-13(10-24-25-20(27)15-9-16(22)12-23-11-15)2-7-18(19)32-21(28)14-3-5-17(6-4-14)26(29)30/h2-12H,1H3,(H,25,27)/b24-10+. The number of amides is 1. The third-order valence-corrected chi connectivity index (χ3v) is 4.48. The van der Waals surface area contributed by atoms with Gasteiger partial charge in [-0.15, -0.1) is 0 Å². The van der Waals surface area contributed by atoms with Gasteiger partial charge in [0.2, 0.25) is 0 Å². The van der Waals surface area contributed by atoms with Crippen LogP contribution in [-0.2, 0) is 0 Å². The van der Waals surface area contributed by atoms with Gasteiger partial charge in [0.25, 0.3) is 11.6 Å². The van der Waals surface area contributed by atoms with Crippen LogP contribution in [0.25, 0.3) is 0 Å². The predicted molar refractivity (Wildman–Crippen MR) is 118 cm³/mol. The maximum absolute atomic E-state index is 12.3. The lowest BCUT2D eigenvalue weighted by molar-refractivity contribution is -0.384. The summed E-state index contributed by atoms with van der Waals surface area (Å²) in [6.45, 7) is 0. The predicted octanol–water partition coefficient (Wildman–Crippen LogP) is 3.74. The van der Waals surface area contributed by atoms with E-state index in [1.165, 1.54) is 49.9 Å². The van der Waals surface area contributed by atoms with Crippen molar-refractivity contribution in [2.45, 2.75) is 0 Å². The Kier molecular flexibility index (Phi) is 7.24. The number of carbonyl (C=O) groups is 2. The zero-order chi connectivity index (χ0) is 23.1. The summed E-state index contributed by atoms with van der Waals surface area (Å²) in [4.78, 5) is 38.5. The van der Waals surface area contributed by atoms with Gasteiger partial charge in [0.15, 0.2) is 11.5 Å². The minimum Gasteiger partial charge on any atom is -0.493 e. The Morgan fingerprint density at radius 3 is 2.50 bits per heavy atom. The molecule has 32 heavy (non-hydrogen) atoms. The number of methoxy groups -OCH3 is 1. The molecule has 0 saturated heterocycles. The summed E-state index contributed by atoms with van der Waals surface area (Å²) < 4.78 is 11.2. The molecule has 0 fully saturated rings. The van der Waals surface area contributed by atoms with Crippen molar-refractivity contribution in [2.75, 3.05) is 7.11 Å². The Bertz CT molecular complexity index is 1200. The Labute approximate surface area is 190 Å². The molecule has 2 aromatic carbocycles. The molecule has 1 N–H and O–H groups in total. The van der Waals surface area contributed by atoms with Crippen LogP contribution < -0.4 is 14.9 Å². The number of nitro groups is 1. The quantitative estimate of drug-likeness (QED) is 0.172. The van der Waals surface area contributed by atoms with E-state index in [4.69, 9.17) is 9.47 Å². The number of nitro benzene ring substituents is 1. The number of rotatable bonds is 7. The fraction of sp³-hybridized carbons (Fsp3) is 0.0476. The van der Waals surface area contributed by atoms with Gasteiger partial charge in [0, 0.05) is 29.0 Å². The van der Waals surface area contributed by atoms with Gasteiger partial charge in [0.1, 0.15) is 0 Å². The molecular weight excluding hydrogens is 484 g/mol. The highest BCUT2D eigenvalue weighted by Crippen LogP contribution is 2.28. The Morgan fingerprint density at radius 1 is 1.09 bits per heavy atom. The largest absolute Gasteiger partial charge is 0.493 e. The maximum Gasteiger partial charge on any atom is 0.343 e. The van der Waals surface area contributed by atoms with Crippen molar-refractivity contribution < 1.29 is 24.0 Å². The number of non-ortho nitro benzene ring substituents is 1. The van der Waals surface area contributed by atoms with E-state index in [1.807, 2.05) is 0 Å². The molecular formula is C21H15BrN4O6. The molecule has 0 aliphatic rings. The summed E-state index contributed by atoms with van der Waals surface area (Å²) in [6, 6.07) is 11.3. The molecule has 3 aromatic rings. The number of hydrogen-bond acceptors (Lipinski definition) is 8. The normalized spacial score (nSPS) is 10.6. The van der Waals surface area contributed by atoms with E-state index in [2.05, 4.69) is 31.4 Å². The summed E-state index contributed by atoms with van der Waals surface area (Å²) in [6.07, 6.45) is 4.36. The van der Waals surface area contributed by atoms with E-state index in [0.717, 1.165) is 0 Å². The fourth-order valence-electron chi connectivity index (χ4n) is 2.49. The zero-order valence-electron chi connectivity index (χ0n) is 16.5. The fourth-order valence-corrected chi connectivity index (χ4v) is 2.86. The summed E-state index contributed by atoms with van der Waals surface area (Å²) in [5.41, 5.74) is 3.31. The first kappa shape index (κ1) is 22.6. The van der Waals surface area contributed by atoms with Crippen molar-refractivity contribution >= 4 is 39.7 Å². The molecule has 0 bridgehead atoms. The van der Waals surface area contributed by atoms with E-state index < -0.39 is 16.8 Å². The van der Waals surface area contributed by atoms with Crippen molar-refractivity contribution in [3.05, 3.63) is 92.2 Å². The second kappa shape index (κ2) is 10.3. The van der Waals surface area contributed by atoms with Gasteiger partial charge < -0.3 is 9.47 Å². The van der Waals surface area contributed by atoms with Crippen molar-refractivity contribution in [1.29, 1.82) is 0 Å². The van der Waals surface area contributed by atoms with Crippen LogP contribution in [0.3, 0.4) is 0 Å². The van der Waals surface area contributed by atoms with Crippen LogP contribution >= 0.6 is 15.9 Å². The highest BCUT2D eigenvalue weighted by molar-refractivity contribution is 9.10. The van der Waals surface area contributed by atoms with Gasteiger partial charge in [-0.25, -0.2) is 10.2 Å². The maximum atomic E-state index is 12.3. The smallest absolute Gasteiger partial charge is 0.343 e. The van der Waals surface area contributed by atoms with E-state index in [9.17, 15) is 19.7 Å². The average Bonchev–Trinajstić information content (AvgIpc) is 2.79. The Balaban J connectivity index is 1.67. The number of hydrazone groups is 1. The number of aromatic nitrogens is 1. The summed E-state index contributed by atoms with van der Waals surface area (Å²) in [5.74, 6) is -0.728. The number of benzene rings is 2. The first-order valence-corrected chi connectivity index (χ1v) is 9.75. The molecule has 0 radical (unpaired) electrons. The molecule has 10 nitrogen and oxygen atoms in total. The van der Waals surface area contributed by atoms with Crippen molar-refractivity contribution in [3.63, 3.8) is 0 Å². The molecule has 1 amide bonds. The second-order valence-electron chi connectivity index (χ2n) is 6.19. The number of nitrogens with zero attached hydrogens (tertiary/aromatic N) is 3. The van der Waals surface area contributed by atoms with Crippen LogP contribution in [0.1, 0.15) is 26.3 Å². The number of carbonyl (C=O) groups excluding carboxylic acids is 2. The lowest BCUT2D eigenvalue weighted by atomic mass is 10.2. The van der Waals surface area contributed by atoms with Gasteiger partial charge in [-0.2, -0.15) is 5.10 Å². The number of ether oxygens (including phenoxy) is 2. The van der Waals surface area contributed by atoms with E-state index in [-0.39, 0.29) is 22.7 Å². The molecule has 3 rings (SSSR count). The molecule has 1 aromatic heterocycles. The Hall–Kier alpha value is -4.12. The van der Waals surface area contributed by atoms with Gasteiger partial charge in [0.05, 0.1) is 29.4 Å². The number of esters is 1. The zero-order valence-corrected chi connectivity index (χ0v) is 18.1. The van der Waals surface area contributed by atoms with Gasteiger partial charge in [-0.1, -0.05) is 0 Å². The third-order valence-electron chi connectivity index (χ3n) is 4.05. The van der Waals surface area contributed by atoms with Gasteiger partial charge >= 0.3 is 5.97 Å². The molecule has 0 spiro atoms. The van der Waals surface area contributed by atoms with Crippen LogP contribution in [-0.4, -0.2) is 35.1 Å². The van der Waals surface area contributed by atoms with Gasteiger partial charge in [-0.05, 0) is 57.9 Å². The molecule has 0 atom stereocenters. The first-order valence-electron chi connectivity index (χ1n) is 8.96. The highest BCUT2D eigenvalue weighted by Gasteiger charge is 2.14. The first-order chi connectivity index (χ1) is 15.4. The molecule has 11 heteroatoms. The molecule has 0 saturated carbocycles.